The largest absolute Gasteiger partial charge is 0.334 e. The fourth-order valence-electron chi connectivity index (χ4n) is 2.31. The van der Waals surface area contributed by atoms with Crippen molar-refractivity contribution in [3.05, 3.63) is 40.8 Å². The van der Waals surface area contributed by atoms with Crippen LogP contribution in [0.4, 0.5) is 8.78 Å². The lowest BCUT2D eigenvalue weighted by Crippen LogP contribution is -1.97. The first-order valence-electron chi connectivity index (χ1n) is 6.04. The molecule has 0 bridgehead atoms. The molecule has 102 valence electrons. The van der Waals surface area contributed by atoms with E-state index in [1.165, 1.54) is 6.07 Å². The van der Waals surface area contributed by atoms with Crippen LogP contribution in [0.3, 0.4) is 0 Å². The van der Waals surface area contributed by atoms with Crippen molar-refractivity contribution < 1.29 is 13.3 Å². The molecule has 3 rings (SSSR count). The molecule has 0 N–H and O–H groups in total. The smallest absolute Gasteiger partial charge is 0.260 e. The van der Waals surface area contributed by atoms with E-state index in [4.69, 9.17) is 4.52 Å². The van der Waals surface area contributed by atoms with Gasteiger partial charge in [-0.25, -0.2) is 13.8 Å². The average Bonchev–Trinajstić information content (AvgIpc) is 2.78. The molecule has 2 heterocycles. The minimum atomic E-state index is -0.681. The maximum Gasteiger partial charge on any atom is 0.260 e. The predicted molar refractivity (Wildman–Crippen MR) is 69.2 cm³/mol. The first-order chi connectivity index (χ1) is 9.47. The Morgan fingerprint density at radius 1 is 1.05 bits per heavy atom. The highest BCUT2D eigenvalue weighted by molar-refractivity contribution is 5.88. The van der Waals surface area contributed by atoms with Crippen molar-refractivity contribution in [1.82, 2.24) is 15.1 Å². The SMILES string of the molecule is Cc1noc(-c2c(C)nc3c(F)cc(F)cc3c2C)n1. The Morgan fingerprint density at radius 2 is 1.80 bits per heavy atom. The number of aryl methyl sites for hydroxylation is 3. The fraction of sp³-hybridized carbons (Fsp3) is 0.214. The molecule has 4 nitrogen and oxygen atoms in total. The minimum Gasteiger partial charge on any atom is -0.334 e. The van der Waals surface area contributed by atoms with Crippen LogP contribution in [0.25, 0.3) is 22.4 Å². The first kappa shape index (κ1) is 12.7. The standard InChI is InChI=1S/C14H11F2N3O/c1-6-10-4-9(15)5-11(16)13(10)17-7(2)12(6)14-18-8(3)19-20-14/h4-5H,1-3H3. The van der Waals surface area contributed by atoms with E-state index < -0.39 is 11.6 Å². The van der Waals surface area contributed by atoms with Gasteiger partial charge in [0, 0.05) is 11.5 Å². The number of benzene rings is 1. The van der Waals surface area contributed by atoms with E-state index in [0.29, 0.717) is 33.9 Å². The van der Waals surface area contributed by atoms with E-state index >= 15 is 0 Å². The van der Waals surface area contributed by atoms with Gasteiger partial charge in [0.05, 0.1) is 11.3 Å². The van der Waals surface area contributed by atoms with Crippen molar-refractivity contribution in [3.63, 3.8) is 0 Å². The number of pyridine rings is 1. The van der Waals surface area contributed by atoms with Crippen molar-refractivity contribution >= 4 is 10.9 Å². The van der Waals surface area contributed by atoms with E-state index in [1.54, 1.807) is 20.8 Å². The van der Waals surface area contributed by atoms with Crippen LogP contribution in [-0.2, 0) is 0 Å². The summed E-state index contributed by atoms with van der Waals surface area (Å²) in [6, 6.07) is 2.08. The molecule has 0 saturated carbocycles. The molecular formula is C14H11F2N3O. The van der Waals surface area contributed by atoms with Gasteiger partial charge < -0.3 is 4.52 Å². The lowest BCUT2D eigenvalue weighted by Gasteiger charge is -2.10. The summed E-state index contributed by atoms with van der Waals surface area (Å²) >= 11 is 0. The molecule has 6 heteroatoms. The van der Waals surface area contributed by atoms with Crippen molar-refractivity contribution in [2.45, 2.75) is 20.8 Å². The quantitative estimate of drug-likeness (QED) is 0.682. The van der Waals surface area contributed by atoms with E-state index in [-0.39, 0.29) is 5.52 Å². The van der Waals surface area contributed by atoms with Crippen LogP contribution in [0.2, 0.25) is 0 Å². The molecule has 1 aromatic carbocycles. The minimum absolute atomic E-state index is 0.140. The molecule has 3 aromatic rings. The van der Waals surface area contributed by atoms with Gasteiger partial charge in [0.25, 0.3) is 5.89 Å². The van der Waals surface area contributed by atoms with Crippen molar-refractivity contribution in [2.75, 3.05) is 0 Å². The highest BCUT2D eigenvalue weighted by Gasteiger charge is 2.18. The lowest BCUT2D eigenvalue weighted by atomic mass is 10.0. The average molecular weight is 275 g/mol. The van der Waals surface area contributed by atoms with Gasteiger partial charge in [-0.3, -0.25) is 0 Å². The van der Waals surface area contributed by atoms with Gasteiger partial charge in [-0.05, 0) is 32.4 Å². The van der Waals surface area contributed by atoms with Gasteiger partial charge in [-0.15, -0.1) is 0 Å². The van der Waals surface area contributed by atoms with E-state index in [0.717, 1.165) is 6.07 Å². The third-order valence-electron chi connectivity index (χ3n) is 3.19. The Balaban J connectivity index is 2.39. The Bertz CT molecular complexity index is 827. The summed E-state index contributed by atoms with van der Waals surface area (Å²) in [5, 5.41) is 4.13. The summed E-state index contributed by atoms with van der Waals surface area (Å²) < 4.78 is 32.3. The molecule has 0 aliphatic carbocycles. The Labute approximate surface area is 113 Å². The third-order valence-corrected chi connectivity index (χ3v) is 3.19. The summed E-state index contributed by atoms with van der Waals surface area (Å²) in [6.07, 6.45) is 0. The Morgan fingerprint density at radius 3 is 2.45 bits per heavy atom. The molecule has 0 radical (unpaired) electrons. The molecule has 0 spiro atoms. The summed E-state index contributed by atoms with van der Waals surface area (Å²) in [4.78, 5) is 8.34. The number of aromatic nitrogens is 3. The van der Waals surface area contributed by atoms with Crippen LogP contribution in [0.1, 0.15) is 17.1 Å². The number of fused-ring (bicyclic) bond motifs is 1. The third kappa shape index (κ3) is 1.84. The normalized spacial score (nSPS) is 11.2. The summed E-state index contributed by atoms with van der Waals surface area (Å²) in [6.45, 7) is 5.18. The van der Waals surface area contributed by atoms with E-state index in [1.807, 2.05) is 0 Å². The van der Waals surface area contributed by atoms with Gasteiger partial charge in [0.1, 0.15) is 11.3 Å². The van der Waals surface area contributed by atoms with Gasteiger partial charge in [0.2, 0.25) is 0 Å². The molecule has 0 fully saturated rings. The molecule has 2 aromatic heterocycles. The number of hydrogen-bond acceptors (Lipinski definition) is 4. The van der Waals surface area contributed by atoms with Gasteiger partial charge in [0.15, 0.2) is 11.6 Å². The second-order valence-corrected chi connectivity index (χ2v) is 4.63. The number of rotatable bonds is 1. The van der Waals surface area contributed by atoms with Crippen LogP contribution >= 0.6 is 0 Å². The van der Waals surface area contributed by atoms with Crippen LogP contribution in [-0.4, -0.2) is 15.1 Å². The molecule has 0 saturated heterocycles. The maximum absolute atomic E-state index is 13.8. The molecule has 0 aliphatic heterocycles. The zero-order valence-electron chi connectivity index (χ0n) is 11.2. The lowest BCUT2D eigenvalue weighted by molar-refractivity contribution is 0.425. The molecular weight excluding hydrogens is 264 g/mol. The monoisotopic (exact) mass is 275 g/mol. The number of halogens is 2. The maximum atomic E-state index is 13.8. The summed E-state index contributed by atoms with van der Waals surface area (Å²) in [5.74, 6) is -0.531. The highest BCUT2D eigenvalue weighted by atomic mass is 19.1. The Hall–Kier alpha value is -2.37. The highest BCUT2D eigenvalue weighted by Crippen LogP contribution is 2.31. The fourth-order valence-corrected chi connectivity index (χ4v) is 2.31. The molecule has 0 unspecified atom stereocenters. The van der Waals surface area contributed by atoms with Crippen LogP contribution in [0.15, 0.2) is 16.7 Å². The molecule has 0 amide bonds. The summed E-state index contributed by atoms with van der Waals surface area (Å²) in [7, 11) is 0. The van der Waals surface area contributed by atoms with Crippen LogP contribution in [0, 0.1) is 32.4 Å². The molecule has 0 atom stereocenters. The number of nitrogens with zero attached hydrogens (tertiary/aromatic N) is 3. The predicted octanol–water partition coefficient (Wildman–Crippen LogP) is 3.49. The Kier molecular flexibility index (Phi) is 2.74. The number of hydrogen-bond donors (Lipinski definition) is 0. The van der Waals surface area contributed by atoms with Crippen LogP contribution in [0.5, 0.6) is 0 Å². The van der Waals surface area contributed by atoms with Gasteiger partial charge in [-0.2, -0.15) is 4.98 Å². The van der Waals surface area contributed by atoms with Crippen LogP contribution < -0.4 is 0 Å². The van der Waals surface area contributed by atoms with Crippen molar-refractivity contribution in [2.24, 2.45) is 0 Å². The van der Waals surface area contributed by atoms with E-state index in [2.05, 4.69) is 15.1 Å². The van der Waals surface area contributed by atoms with Crippen molar-refractivity contribution in [3.8, 4) is 11.5 Å². The van der Waals surface area contributed by atoms with E-state index in [9.17, 15) is 8.78 Å². The second kappa shape index (κ2) is 4.33. The van der Waals surface area contributed by atoms with Gasteiger partial charge in [-0.1, -0.05) is 5.16 Å². The topological polar surface area (TPSA) is 51.8 Å². The summed E-state index contributed by atoms with van der Waals surface area (Å²) in [5.41, 5.74) is 1.98. The second-order valence-electron chi connectivity index (χ2n) is 4.63. The zero-order valence-corrected chi connectivity index (χ0v) is 11.2. The first-order valence-corrected chi connectivity index (χ1v) is 6.04. The molecule has 0 aliphatic rings. The molecule has 20 heavy (non-hydrogen) atoms. The van der Waals surface area contributed by atoms with Gasteiger partial charge >= 0.3 is 0 Å². The van der Waals surface area contributed by atoms with Crippen molar-refractivity contribution in [1.29, 1.82) is 0 Å². The zero-order chi connectivity index (χ0) is 14.4.